The summed E-state index contributed by atoms with van der Waals surface area (Å²) in [5.74, 6) is -2.32. The smallest absolute Gasteiger partial charge is 0.335 e. The number of carboxylic acid groups (broad SMARTS) is 2. The number of carboxylic acids is 2. The number of ether oxygens (including phenoxy) is 1. The van der Waals surface area contributed by atoms with Gasteiger partial charge in [0.2, 0.25) is 0 Å². The van der Waals surface area contributed by atoms with Crippen molar-refractivity contribution in [1.82, 2.24) is 5.32 Å². The van der Waals surface area contributed by atoms with Crippen LogP contribution in [0.3, 0.4) is 0 Å². The number of carbonyl (C=O) groups excluding carboxylic acids is 1. The Balaban J connectivity index is 1.56. The van der Waals surface area contributed by atoms with E-state index in [9.17, 15) is 24.6 Å². The van der Waals surface area contributed by atoms with Gasteiger partial charge in [0.15, 0.2) is 5.17 Å². The van der Waals surface area contributed by atoms with E-state index >= 15 is 0 Å². The molecule has 0 saturated carbocycles. The molecule has 0 radical (unpaired) electrons. The molecule has 176 valence electrons. The van der Waals surface area contributed by atoms with Gasteiger partial charge in [-0.15, -0.1) is 0 Å². The molecule has 0 atom stereocenters. The minimum Gasteiger partial charge on any atom is -0.488 e. The number of hydrogen-bond donors (Lipinski definition) is 3. The van der Waals surface area contributed by atoms with E-state index in [0.29, 0.717) is 22.8 Å². The minimum atomic E-state index is -1.28. The van der Waals surface area contributed by atoms with Crippen LogP contribution in [0, 0.1) is 6.92 Å². The lowest BCUT2D eigenvalue weighted by molar-refractivity contribution is -0.115. The van der Waals surface area contributed by atoms with Gasteiger partial charge in [-0.3, -0.25) is 4.79 Å². The van der Waals surface area contributed by atoms with E-state index in [2.05, 4.69) is 10.3 Å². The highest BCUT2D eigenvalue weighted by atomic mass is 32.2. The fourth-order valence-electron chi connectivity index (χ4n) is 3.24. The summed E-state index contributed by atoms with van der Waals surface area (Å²) < 4.78 is 5.98. The SMILES string of the molecule is Cc1ccc(COc2ccccc2/C=C2\SC(=Nc3cc(C(=O)O)cc(C(=O)O)c3)NC2=O)cc1. The zero-order chi connectivity index (χ0) is 24.9. The highest BCUT2D eigenvalue weighted by Crippen LogP contribution is 2.31. The largest absolute Gasteiger partial charge is 0.488 e. The number of amides is 1. The average Bonchev–Trinajstić information content (AvgIpc) is 3.17. The summed E-state index contributed by atoms with van der Waals surface area (Å²) in [7, 11) is 0. The van der Waals surface area contributed by atoms with Crippen LogP contribution in [-0.2, 0) is 11.4 Å². The van der Waals surface area contributed by atoms with Gasteiger partial charge in [0, 0.05) is 5.56 Å². The number of benzene rings is 3. The van der Waals surface area contributed by atoms with Gasteiger partial charge in [0.25, 0.3) is 5.91 Å². The predicted octanol–water partition coefficient (Wildman–Crippen LogP) is 4.86. The Morgan fingerprint density at radius 2 is 1.66 bits per heavy atom. The molecule has 0 bridgehead atoms. The molecule has 1 heterocycles. The van der Waals surface area contributed by atoms with Crippen molar-refractivity contribution in [1.29, 1.82) is 0 Å². The zero-order valence-corrected chi connectivity index (χ0v) is 19.3. The summed E-state index contributed by atoms with van der Waals surface area (Å²) in [4.78, 5) is 39.8. The second-order valence-electron chi connectivity index (χ2n) is 7.67. The number of thioether (sulfide) groups is 1. The fraction of sp³-hybridized carbons (Fsp3) is 0.0769. The van der Waals surface area contributed by atoms with E-state index in [1.54, 1.807) is 6.08 Å². The molecular formula is C26H20N2O6S. The Morgan fingerprint density at radius 1 is 1.00 bits per heavy atom. The second kappa shape index (κ2) is 10.3. The highest BCUT2D eigenvalue weighted by Gasteiger charge is 2.24. The van der Waals surface area contributed by atoms with E-state index < -0.39 is 11.9 Å². The Bertz CT molecular complexity index is 1350. The molecule has 4 rings (SSSR count). The molecule has 3 N–H and O–H groups in total. The number of aromatic carboxylic acids is 2. The van der Waals surface area contributed by atoms with Crippen molar-refractivity contribution in [3.05, 3.63) is 99.5 Å². The number of aryl methyl sites for hydroxylation is 1. The van der Waals surface area contributed by atoms with Crippen LogP contribution in [-0.4, -0.2) is 33.2 Å². The van der Waals surface area contributed by atoms with Crippen molar-refractivity contribution >= 4 is 46.5 Å². The van der Waals surface area contributed by atoms with Gasteiger partial charge in [-0.25, -0.2) is 14.6 Å². The normalized spacial score (nSPS) is 15.3. The number of rotatable bonds is 7. The molecule has 9 heteroatoms. The Hall–Kier alpha value is -4.37. The third-order valence-electron chi connectivity index (χ3n) is 5.01. The standard InChI is InChI=1S/C26H20N2O6S/c1-15-6-8-16(9-7-15)14-34-21-5-3-2-4-17(21)13-22-23(29)28-26(35-22)27-20-11-18(24(30)31)10-19(12-20)25(32)33/h2-13H,14H2,1H3,(H,30,31)(H,32,33)(H,27,28,29)/b22-13-. The van der Waals surface area contributed by atoms with Crippen LogP contribution in [0.4, 0.5) is 5.69 Å². The van der Waals surface area contributed by atoms with Crippen molar-refractivity contribution in [3.8, 4) is 5.75 Å². The van der Waals surface area contributed by atoms with Crippen LogP contribution < -0.4 is 10.1 Å². The molecule has 0 unspecified atom stereocenters. The van der Waals surface area contributed by atoms with Crippen LogP contribution in [0.1, 0.15) is 37.4 Å². The van der Waals surface area contributed by atoms with Gasteiger partial charge in [-0.05, 0) is 54.6 Å². The van der Waals surface area contributed by atoms with Crippen molar-refractivity contribution in [2.75, 3.05) is 0 Å². The summed E-state index contributed by atoms with van der Waals surface area (Å²) in [5.41, 5.74) is 2.56. The van der Waals surface area contributed by atoms with Gasteiger partial charge in [-0.1, -0.05) is 48.0 Å². The molecule has 3 aromatic rings. The summed E-state index contributed by atoms with van der Waals surface area (Å²) in [6.45, 7) is 2.39. The summed E-state index contributed by atoms with van der Waals surface area (Å²) in [6, 6.07) is 18.9. The van der Waals surface area contributed by atoms with Crippen LogP contribution in [0.25, 0.3) is 6.08 Å². The topological polar surface area (TPSA) is 125 Å². The maximum Gasteiger partial charge on any atom is 0.335 e. The first-order chi connectivity index (χ1) is 16.8. The third-order valence-corrected chi connectivity index (χ3v) is 5.92. The third kappa shape index (κ3) is 5.96. The number of carbonyl (C=O) groups is 3. The quantitative estimate of drug-likeness (QED) is 0.406. The molecular weight excluding hydrogens is 468 g/mol. The molecule has 0 spiro atoms. The lowest BCUT2D eigenvalue weighted by Gasteiger charge is -2.10. The average molecular weight is 489 g/mol. The summed E-state index contributed by atoms with van der Waals surface area (Å²) >= 11 is 1.06. The number of aliphatic imine (C=N–C) groups is 1. The van der Waals surface area contributed by atoms with Crippen molar-refractivity contribution in [2.24, 2.45) is 4.99 Å². The van der Waals surface area contributed by atoms with Gasteiger partial charge in [0.05, 0.1) is 21.7 Å². The van der Waals surface area contributed by atoms with Gasteiger partial charge >= 0.3 is 11.9 Å². The molecule has 0 aromatic heterocycles. The summed E-state index contributed by atoms with van der Waals surface area (Å²) in [5, 5.41) is 21.3. The van der Waals surface area contributed by atoms with Crippen LogP contribution in [0.2, 0.25) is 0 Å². The molecule has 0 aliphatic carbocycles. The van der Waals surface area contributed by atoms with Crippen LogP contribution in [0.5, 0.6) is 5.75 Å². The van der Waals surface area contributed by atoms with E-state index in [1.165, 1.54) is 12.1 Å². The zero-order valence-electron chi connectivity index (χ0n) is 18.5. The lowest BCUT2D eigenvalue weighted by atomic mass is 10.1. The molecule has 8 nitrogen and oxygen atoms in total. The van der Waals surface area contributed by atoms with E-state index in [1.807, 2.05) is 55.5 Å². The first-order valence-corrected chi connectivity index (χ1v) is 11.3. The number of hydrogen-bond acceptors (Lipinski definition) is 6. The molecule has 1 saturated heterocycles. The second-order valence-corrected chi connectivity index (χ2v) is 8.70. The molecule has 1 amide bonds. The lowest BCUT2D eigenvalue weighted by Crippen LogP contribution is -2.19. The maximum atomic E-state index is 12.5. The molecule has 1 fully saturated rings. The van der Waals surface area contributed by atoms with Crippen LogP contribution >= 0.6 is 11.8 Å². The summed E-state index contributed by atoms with van der Waals surface area (Å²) in [6.07, 6.45) is 1.68. The van der Waals surface area contributed by atoms with Gasteiger partial charge in [0.1, 0.15) is 12.4 Å². The van der Waals surface area contributed by atoms with Crippen LogP contribution in [0.15, 0.2) is 76.6 Å². The molecule has 1 aliphatic heterocycles. The first kappa shape index (κ1) is 23.8. The Labute approximate surface area is 205 Å². The molecule has 3 aromatic carbocycles. The number of nitrogens with zero attached hydrogens (tertiary/aromatic N) is 1. The van der Waals surface area contributed by atoms with Gasteiger partial charge in [-0.2, -0.15) is 0 Å². The maximum absolute atomic E-state index is 12.5. The number of amidine groups is 1. The minimum absolute atomic E-state index is 0.105. The fourth-order valence-corrected chi connectivity index (χ4v) is 4.07. The Kier molecular flexibility index (Phi) is 6.98. The Morgan fingerprint density at radius 3 is 2.31 bits per heavy atom. The van der Waals surface area contributed by atoms with E-state index in [-0.39, 0.29) is 27.9 Å². The molecule has 35 heavy (non-hydrogen) atoms. The predicted molar refractivity (Wildman–Crippen MR) is 133 cm³/mol. The van der Waals surface area contributed by atoms with Crippen molar-refractivity contribution in [2.45, 2.75) is 13.5 Å². The van der Waals surface area contributed by atoms with Crippen molar-refractivity contribution in [3.63, 3.8) is 0 Å². The number of para-hydroxylation sites is 1. The van der Waals surface area contributed by atoms with E-state index in [0.717, 1.165) is 29.0 Å². The van der Waals surface area contributed by atoms with Crippen molar-refractivity contribution < 1.29 is 29.3 Å². The number of nitrogens with one attached hydrogen (secondary N) is 1. The highest BCUT2D eigenvalue weighted by molar-refractivity contribution is 8.18. The molecule has 1 aliphatic rings. The van der Waals surface area contributed by atoms with Gasteiger partial charge < -0.3 is 20.3 Å². The van der Waals surface area contributed by atoms with E-state index in [4.69, 9.17) is 4.74 Å². The monoisotopic (exact) mass is 488 g/mol. The first-order valence-electron chi connectivity index (χ1n) is 10.5.